The molecule has 0 aliphatic carbocycles. The highest BCUT2D eigenvalue weighted by atomic mass is 19.1. The first kappa shape index (κ1) is 11.1. The Hall–Kier alpha value is -0.930. The molecule has 1 rings (SSSR count). The van der Waals surface area contributed by atoms with E-state index in [-0.39, 0.29) is 12.4 Å². The van der Waals surface area contributed by atoms with Crippen LogP contribution in [0, 0.1) is 5.82 Å². The van der Waals surface area contributed by atoms with Crippen LogP contribution in [-0.4, -0.2) is 16.8 Å². The largest absolute Gasteiger partial charge is 0.396 e. The molecule has 0 saturated carbocycles. The summed E-state index contributed by atoms with van der Waals surface area (Å²) in [5.41, 5.74) is -0.316. The maximum absolute atomic E-state index is 12.6. The third kappa shape index (κ3) is 2.79. The summed E-state index contributed by atoms with van der Waals surface area (Å²) in [6, 6.07) is 5.77. The lowest BCUT2D eigenvalue weighted by Crippen LogP contribution is -2.21. The van der Waals surface area contributed by atoms with Crippen LogP contribution in [0.3, 0.4) is 0 Å². The lowest BCUT2D eigenvalue weighted by Gasteiger charge is -2.23. The van der Waals surface area contributed by atoms with E-state index >= 15 is 0 Å². The fraction of sp³-hybridized carbons (Fsp3) is 0.455. The summed E-state index contributed by atoms with van der Waals surface area (Å²) in [5, 5.41) is 18.6. The van der Waals surface area contributed by atoms with Crippen molar-refractivity contribution in [1.82, 2.24) is 0 Å². The van der Waals surface area contributed by atoms with Crippen molar-refractivity contribution in [3.8, 4) is 0 Å². The van der Waals surface area contributed by atoms with Gasteiger partial charge in [0.15, 0.2) is 0 Å². The predicted molar refractivity (Wildman–Crippen MR) is 52.3 cm³/mol. The van der Waals surface area contributed by atoms with Gasteiger partial charge in [-0.1, -0.05) is 12.1 Å². The molecule has 1 atom stereocenters. The summed E-state index contributed by atoms with van der Waals surface area (Å²) in [6.07, 6.45) is 1.000. The molecule has 2 N–H and O–H groups in total. The van der Waals surface area contributed by atoms with Gasteiger partial charge in [0.25, 0.3) is 0 Å². The van der Waals surface area contributed by atoms with Crippen LogP contribution >= 0.6 is 0 Å². The molecular formula is C11H15FO2. The zero-order chi connectivity index (χ0) is 10.6. The first-order valence-corrected chi connectivity index (χ1v) is 4.65. The van der Waals surface area contributed by atoms with Gasteiger partial charge in [0.2, 0.25) is 0 Å². The summed E-state index contributed by atoms with van der Waals surface area (Å²) in [7, 11) is 0. The topological polar surface area (TPSA) is 40.5 Å². The zero-order valence-electron chi connectivity index (χ0n) is 8.20. The van der Waals surface area contributed by atoms with Crippen molar-refractivity contribution in [1.29, 1.82) is 0 Å². The van der Waals surface area contributed by atoms with E-state index in [1.165, 1.54) is 12.1 Å². The Bertz CT molecular complexity index is 280. The minimum absolute atomic E-state index is 0.0529. The van der Waals surface area contributed by atoms with E-state index in [9.17, 15) is 9.50 Å². The van der Waals surface area contributed by atoms with E-state index in [2.05, 4.69) is 0 Å². The Morgan fingerprint density at radius 3 is 2.36 bits per heavy atom. The van der Waals surface area contributed by atoms with Gasteiger partial charge in [-0.2, -0.15) is 0 Å². The Kier molecular flexibility index (Phi) is 3.61. The van der Waals surface area contributed by atoms with Gasteiger partial charge in [0.05, 0.1) is 5.60 Å². The molecule has 1 aromatic carbocycles. The van der Waals surface area contributed by atoms with Crippen molar-refractivity contribution >= 4 is 0 Å². The maximum Gasteiger partial charge on any atom is 0.123 e. The van der Waals surface area contributed by atoms with Gasteiger partial charge in [-0.15, -0.1) is 0 Å². The Balaban J connectivity index is 2.75. The summed E-state index contributed by atoms with van der Waals surface area (Å²) >= 11 is 0. The minimum Gasteiger partial charge on any atom is -0.396 e. The average Bonchev–Trinajstić information content (AvgIpc) is 2.16. The molecule has 0 saturated heterocycles. The molecule has 0 radical (unpaired) electrons. The van der Waals surface area contributed by atoms with Gasteiger partial charge in [0.1, 0.15) is 5.82 Å². The highest BCUT2D eigenvalue weighted by Gasteiger charge is 2.21. The fourth-order valence-electron chi connectivity index (χ4n) is 1.38. The van der Waals surface area contributed by atoms with Gasteiger partial charge < -0.3 is 10.2 Å². The molecule has 0 fully saturated rings. The molecule has 0 heterocycles. The van der Waals surface area contributed by atoms with E-state index in [0.717, 1.165) is 0 Å². The molecule has 2 nitrogen and oxygen atoms in total. The van der Waals surface area contributed by atoms with E-state index in [0.29, 0.717) is 18.4 Å². The second-order valence-corrected chi connectivity index (χ2v) is 3.61. The smallest absolute Gasteiger partial charge is 0.123 e. The number of benzene rings is 1. The normalized spacial score (nSPS) is 15.1. The summed E-state index contributed by atoms with van der Waals surface area (Å²) in [5.74, 6) is -0.313. The van der Waals surface area contributed by atoms with Gasteiger partial charge in [-0.25, -0.2) is 4.39 Å². The average molecular weight is 198 g/mol. The first-order chi connectivity index (χ1) is 6.56. The van der Waals surface area contributed by atoms with Crippen LogP contribution in [0.5, 0.6) is 0 Å². The quantitative estimate of drug-likeness (QED) is 0.774. The summed E-state index contributed by atoms with van der Waals surface area (Å²) in [6.45, 7) is 1.72. The molecule has 14 heavy (non-hydrogen) atoms. The van der Waals surface area contributed by atoms with Crippen molar-refractivity contribution in [3.63, 3.8) is 0 Å². The summed E-state index contributed by atoms with van der Waals surface area (Å²) in [4.78, 5) is 0. The molecular weight excluding hydrogens is 183 g/mol. The standard InChI is InChI=1S/C11H15FO2/c1-11(14,7-2-8-13)9-3-5-10(12)6-4-9/h3-6,13-14H,2,7-8H2,1H3. The molecule has 0 aliphatic rings. The minimum atomic E-state index is -0.990. The van der Waals surface area contributed by atoms with Crippen molar-refractivity contribution in [3.05, 3.63) is 35.6 Å². The Labute approximate surface area is 83.0 Å². The maximum atomic E-state index is 12.6. The second-order valence-electron chi connectivity index (χ2n) is 3.61. The summed E-state index contributed by atoms with van der Waals surface area (Å²) < 4.78 is 12.6. The van der Waals surface area contributed by atoms with Crippen LogP contribution in [0.2, 0.25) is 0 Å². The number of rotatable bonds is 4. The molecule has 1 aromatic rings. The lowest BCUT2D eigenvalue weighted by atomic mass is 9.91. The van der Waals surface area contributed by atoms with E-state index < -0.39 is 5.60 Å². The van der Waals surface area contributed by atoms with Crippen molar-refractivity contribution in [2.45, 2.75) is 25.4 Å². The number of aliphatic hydroxyl groups is 2. The molecule has 0 amide bonds. The molecule has 1 unspecified atom stereocenters. The van der Waals surface area contributed by atoms with Gasteiger partial charge in [-0.3, -0.25) is 0 Å². The third-order valence-electron chi connectivity index (χ3n) is 2.29. The SMILES string of the molecule is CC(O)(CCCO)c1ccc(F)cc1. The lowest BCUT2D eigenvalue weighted by molar-refractivity contribution is 0.0403. The second kappa shape index (κ2) is 4.53. The molecule has 0 aromatic heterocycles. The number of halogens is 1. The van der Waals surface area contributed by atoms with Crippen LogP contribution in [-0.2, 0) is 5.60 Å². The molecule has 3 heteroatoms. The molecule has 0 aliphatic heterocycles. The van der Waals surface area contributed by atoms with Gasteiger partial charge in [0, 0.05) is 6.61 Å². The Morgan fingerprint density at radius 2 is 1.86 bits per heavy atom. The number of hydrogen-bond acceptors (Lipinski definition) is 2. The first-order valence-electron chi connectivity index (χ1n) is 4.65. The third-order valence-corrected chi connectivity index (χ3v) is 2.29. The molecule has 78 valence electrons. The highest BCUT2D eigenvalue weighted by Crippen LogP contribution is 2.25. The van der Waals surface area contributed by atoms with E-state index in [1.807, 2.05) is 0 Å². The fourth-order valence-corrected chi connectivity index (χ4v) is 1.38. The van der Waals surface area contributed by atoms with E-state index in [1.54, 1.807) is 19.1 Å². The van der Waals surface area contributed by atoms with Crippen LogP contribution in [0.1, 0.15) is 25.3 Å². The van der Waals surface area contributed by atoms with Crippen LogP contribution in [0.15, 0.2) is 24.3 Å². The van der Waals surface area contributed by atoms with Crippen LogP contribution < -0.4 is 0 Å². The zero-order valence-corrected chi connectivity index (χ0v) is 8.20. The number of hydrogen-bond donors (Lipinski definition) is 2. The van der Waals surface area contributed by atoms with E-state index in [4.69, 9.17) is 5.11 Å². The monoisotopic (exact) mass is 198 g/mol. The van der Waals surface area contributed by atoms with Gasteiger partial charge >= 0.3 is 0 Å². The van der Waals surface area contributed by atoms with Crippen LogP contribution in [0.4, 0.5) is 4.39 Å². The number of aliphatic hydroxyl groups excluding tert-OH is 1. The molecule has 0 bridgehead atoms. The van der Waals surface area contributed by atoms with Crippen molar-refractivity contribution in [2.75, 3.05) is 6.61 Å². The predicted octanol–water partition coefficient (Wildman–Crippen LogP) is 1.81. The van der Waals surface area contributed by atoms with Crippen LogP contribution in [0.25, 0.3) is 0 Å². The Morgan fingerprint density at radius 1 is 1.29 bits per heavy atom. The molecule has 0 spiro atoms. The van der Waals surface area contributed by atoms with Crippen molar-refractivity contribution < 1.29 is 14.6 Å². The highest BCUT2D eigenvalue weighted by molar-refractivity contribution is 5.22. The van der Waals surface area contributed by atoms with Gasteiger partial charge in [-0.05, 0) is 37.5 Å². The van der Waals surface area contributed by atoms with Crippen molar-refractivity contribution in [2.24, 2.45) is 0 Å².